The molecule has 0 aliphatic heterocycles. The number of nitrogens with one attached hydrogen (secondary N) is 4. The van der Waals surface area contributed by atoms with Gasteiger partial charge in [0.25, 0.3) is 0 Å². The van der Waals surface area contributed by atoms with Crippen molar-refractivity contribution in [1.82, 2.24) is 25.9 Å². The van der Waals surface area contributed by atoms with Crippen LogP contribution in [0.25, 0.3) is 0 Å². The van der Waals surface area contributed by atoms with Crippen molar-refractivity contribution in [1.29, 1.82) is 0 Å². The molecule has 0 aromatic carbocycles. The van der Waals surface area contributed by atoms with E-state index in [9.17, 15) is 34.5 Å². The van der Waals surface area contributed by atoms with Gasteiger partial charge in [0, 0.05) is 24.9 Å². The average Bonchev–Trinajstić information content (AvgIpc) is 3.30. The van der Waals surface area contributed by atoms with Crippen molar-refractivity contribution in [2.75, 3.05) is 13.2 Å². The molecule has 196 valence electrons. The lowest BCUT2D eigenvalue weighted by Crippen LogP contribution is -2.59. The van der Waals surface area contributed by atoms with Crippen molar-refractivity contribution in [2.24, 2.45) is 22.2 Å². The number of aliphatic imine (C=N–C) groups is 1. The summed E-state index contributed by atoms with van der Waals surface area (Å²) in [7, 11) is 0. The van der Waals surface area contributed by atoms with Gasteiger partial charge in [-0.05, 0) is 19.8 Å². The van der Waals surface area contributed by atoms with Gasteiger partial charge in [-0.25, -0.2) is 9.78 Å². The Morgan fingerprint density at radius 2 is 1.69 bits per heavy atom. The normalized spacial score (nSPS) is 15.1. The van der Waals surface area contributed by atoms with E-state index in [0.29, 0.717) is 5.69 Å². The second-order valence-corrected chi connectivity index (χ2v) is 7.70. The largest absolute Gasteiger partial charge is 0.480 e. The molecule has 35 heavy (non-hydrogen) atoms. The number of carboxylic acid groups (broad SMARTS) is 1. The number of nitrogens with two attached hydrogens (primary N) is 3. The smallest absolute Gasteiger partial charge is 0.326 e. The lowest BCUT2D eigenvalue weighted by Gasteiger charge is -2.24. The van der Waals surface area contributed by atoms with Gasteiger partial charge in [-0.15, -0.1) is 0 Å². The Hall–Kier alpha value is -3.76. The minimum atomic E-state index is -1.49. The first kappa shape index (κ1) is 29.3. The highest BCUT2D eigenvalue weighted by Crippen LogP contribution is 2.04. The van der Waals surface area contributed by atoms with E-state index in [-0.39, 0.29) is 31.8 Å². The number of carboxylic acids is 1. The number of hydrogen-bond acceptors (Lipinski definition) is 9. The maximum absolute atomic E-state index is 12.9. The minimum absolute atomic E-state index is 0.00400. The van der Waals surface area contributed by atoms with Gasteiger partial charge in [0.1, 0.15) is 24.2 Å². The first-order chi connectivity index (χ1) is 16.5. The molecule has 0 aliphatic carbocycles. The molecule has 0 saturated carbocycles. The van der Waals surface area contributed by atoms with Crippen molar-refractivity contribution in [3.63, 3.8) is 0 Å². The highest BCUT2D eigenvalue weighted by molar-refractivity contribution is 5.94. The van der Waals surface area contributed by atoms with Crippen LogP contribution >= 0.6 is 0 Å². The lowest BCUT2D eigenvalue weighted by atomic mass is 10.1. The number of aliphatic hydroxyl groups excluding tert-OH is 2. The molecule has 0 aliphatic rings. The predicted octanol–water partition coefficient (Wildman–Crippen LogP) is -4.75. The molecular weight excluding hydrogens is 466 g/mol. The van der Waals surface area contributed by atoms with E-state index in [1.807, 2.05) is 0 Å². The van der Waals surface area contributed by atoms with Gasteiger partial charge in [-0.1, -0.05) is 0 Å². The van der Waals surface area contributed by atoms with Crippen LogP contribution in [0.4, 0.5) is 0 Å². The topological polar surface area (TPSA) is 284 Å². The van der Waals surface area contributed by atoms with Crippen molar-refractivity contribution in [3.8, 4) is 0 Å². The molecule has 13 N–H and O–H groups in total. The van der Waals surface area contributed by atoms with Gasteiger partial charge < -0.3 is 53.5 Å². The Morgan fingerprint density at radius 1 is 1.09 bits per heavy atom. The summed E-state index contributed by atoms with van der Waals surface area (Å²) in [6.07, 6.45) is 1.69. The molecule has 16 nitrogen and oxygen atoms in total. The van der Waals surface area contributed by atoms with E-state index in [1.165, 1.54) is 19.4 Å². The monoisotopic (exact) mass is 499 g/mol. The van der Waals surface area contributed by atoms with Gasteiger partial charge in [0.15, 0.2) is 5.96 Å². The van der Waals surface area contributed by atoms with Crippen LogP contribution in [-0.4, -0.2) is 98.4 Å². The summed E-state index contributed by atoms with van der Waals surface area (Å²) in [5.74, 6) is -4.13. The summed E-state index contributed by atoms with van der Waals surface area (Å²) < 4.78 is 0. The number of imidazole rings is 1. The average molecular weight is 500 g/mol. The molecule has 0 saturated heterocycles. The van der Waals surface area contributed by atoms with Crippen molar-refractivity contribution >= 4 is 29.7 Å². The molecule has 0 spiro atoms. The Kier molecular flexibility index (Phi) is 12.1. The second kappa shape index (κ2) is 14.5. The highest BCUT2D eigenvalue weighted by Gasteiger charge is 2.30. The Labute approximate surface area is 200 Å². The third-order valence-electron chi connectivity index (χ3n) is 4.81. The number of H-pyrrole nitrogens is 1. The third-order valence-corrected chi connectivity index (χ3v) is 4.81. The number of aromatic nitrogens is 2. The zero-order valence-corrected chi connectivity index (χ0v) is 19.2. The number of nitrogens with zero attached hydrogens (tertiary/aromatic N) is 2. The van der Waals surface area contributed by atoms with E-state index in [4.69, 9.17) is 17.2 Å². The van der Waals surface area contributed by atoms with Crippen molar-refractivity contribution in [3.05, 3.63) is 18.2 Å². The summed E-state index contributed by atoms with van der Waals surface area (Å²) in [4.78, 5) is 59.6. The third kappa shape index (κ3) is 10.4. The van der Waals surface area contributed by atoms with Gasteiger partial charge in [0.05, 0.1) is 19.0 Å². The van der Waals surface area contributed by atoms with Crippen LogP contribution in [0.2, 0.25) is 0 Å². The molecule has 0 bridgehead atoms. The Morgan fingerprint density at radius 3 is 2.20 bits per heavy atom. The molecule has 1 rings (SSSR count). The Bertz CT molecular complexity index is 872. The summed E-state index contributed by atoms with van der Waals surface area (Å²) in [6, 6.07) is -5.43. The van der Waals surface area contributed by atoms with E-state index >= 15 is 0 Å². The number of aliphatic carboxylic acids is 1. The summed E-state index contributed by atoms with van der Waals surface area (Å²) in [6.45, 7) is 0.573. The van der Waals surface area contributed by atoms with Crippen LogP contribution in [-0.2, 0) is 25.6 Å². The van der Waals surface area contributed by atoms with Crippen LogP contribution in [0, 0.1) is 0 Å². The van der Waals surface area contributed by atoms with Crippen LogP contribution in [0.15, 0.2) is 17.5 Å². The SMILES string of the molecule is CC(O)C(N)C(=O)NC(CO)C(=O)NC(CCCN=C(N)N)C(=O)NC(Cc1cnc[nH]1)C(=O)O. The highest BCUT2D eigenvalue weighted by atomic mass is 16.4. The molecule has 1 heterocycles. The number of aliphatic hydroxyl groups is 2. The molecule has 5 unspecified atom stereocenters. The summed E-state index contributed by atoms with van der Waals surface area (Å²) in [5.41, 5.74) is 16.5. The van der Waals surface area contributed by atoms with Crippen molar-refractivity contribution in [2.45, 2.75) is 56.5 Å². The maximum atomic E-state index is 12.9. The van der Waals surface area contributed by atoms with Crippen LogP contribution < -0.4 is 33.2 Å². The first-order valence-corrected chi connectivity index (χ1v) is 10.7. The zero-order valence-electron chi connectivity index (χ0n) is 19.2. The predicted molar refractivity (Wildman–Crippen MR) is 122 cm³/mol. The number of amides is 3. The first-order valence-electron chi connectivity index (χ1n) is 10.7. The molecule has 0 fully saturated rings. The zero-order chi connectivity index (χ0) is 26.5. The lowest BCUT2D eigenvalue weighted by molar-refractivity contribution is -0.142. The standard InChI is InChI=1S/C19H33N9O7/c1-9(30)14(20)17(33)28-13(7-29)16(32)26-11(3-2-4-24-19(21)22)15(31)27-12(18(34)35)5-10-6-23-8-25-10/h6,8-9,11-14,29-30H,2-5,7,20H2,1H3,(H,23,25)(H,26,32)(H,27,31)(H,28,33)(H,34,35)(H4,21,22,24). The number of hydrogen-bond donors (Lipinski definition) is 10. The number of guanidine groups is 1. The molecule has 3 amide bonds. The molecular formula is C19H33N9O7. The number of carbonyl (C=O) groups excluding carboxylic acids is 3. The van der Waals surface area contributed by atoms with Gasteiger partial charge in [-0.2, -0.15) is 0 Å². The fourth-order valence-electron chi connectivity index (χ4n) is 2.81. The maximum Gasteiger partial charge on any atom is 0.326 e. The van der Waals surface area contributed by atoms with Crippen molar-refractivity contribution < 1.29 is 34.5 Å². The molecule has 5 atom stereocenters. The van der Waals surface area contributed by atoms with E-state index in [1.54, 1.807) is 0 Å². The fourth-order valence-corrected chi connectivity index (χ4v) is 2.81. The van der Waals surface area contributed by atoms with Gasteiger partial charge in [-0.3, -0.25) is 19.4 Å². The van der Waals surface area contributed by atoms with Crippen LogP contribution in [0.1, 0.15) is 25.5 Å². The van der Waals surface area contributed by atoms with E-state index < -0.39 is 60.6 Å². The molecule has 1 aromatic rings. The van der Waals surface area contributed by atoms with E-state index in [0.717, 1.165) is 0 Å². The van der Waals surface area contributed by atoms with Gasteiger partial charge in [0.2, 0.25) is 17.7 Å². The molecule has 1 aromatic heterocycles. The number of carbonyl (C=O) groups is 4. The van der Waals surface area contributed by atoms with Crippen LogP contribution in [0.3, 0.4) is 0 Å². The van der Waals surface area contributed by atoms with Crippen LogP contribution in [0.5, 0.6) is 0 Å². The minimum Gasteiger partial charge on any atom is -0.480 e. The van der Waals surface area contributed by atoms with E-state index in [2.05, 4.69) is 30.9 Å². The second-order valence-electron chi connectivity index (χ2n) is 7.70. The molecule has 0 radical (unpaired) electrons. The number of aromatic amines is 1. The summed E-state index contributed by atoms with van der Waals surface area (Å²) in [5, 5.41) is 35.4. The fraction of sp³-hybridized carbons (Fsp3) is 0.579. The quantitative estimate of drug-likeness (QED) is 0.0620. The number of rotatable bonds is 15. The Balaban J connectivity index is 2.94. The van der Waals surface area contributed by atoms with Gasteiger partial charge >= 0.3 is 5.97 Å². The summed E-state index contributed by atoms with van der Waals surface area (Å²) >= 11 is 0. The molecule has 16 heteroatoms.